The predicted molar refractivity (Wildman–Crippen MR) is 65.9 cm³/mol. The predicted octanol–water partition coefficient (Wildman–Crippen LogP) is 1.66. The monoisotopic (exact) mass is 220 g/mol. The molecule has 0 spiro atoms. The van der Waals surface area contributed by atoms with Gasteiger partial charge in [0.25, 0.3) is 0 Å². The van der Waals surface area contributed by atoms with Gasteiger partial charge in [-0.25, -0.2) is 0 Å². The van der Waals surface area contributed by atoms with Crippen LogP contribution in [0.2, 0.25) is 0 Å². The van der Waals surface area contributed by atoms with Crippen molar-refractivity contribution >= 4 is 0 Å². The van der Waals surface area contributed by atoms with Crippen molar-refractivity contribution in [3.63, 3.8) is 0 Å². The molecule has 16 heavy (non-hydrogen) atoms. The van der Waals surface area contributed by atoms with Crippen LogP contribution in [0.4, 0.5) is 0 Å². The maximum absolute atomic E-state index is 5.28. The Morgan fingerprint density at radius 1 is 1.44 bits per heavy atom. The third-order valence-corrected chi connectivity index (χ3v) is 3.21. The fourth-order valence-corrected chi connectivity index (χ4v) is 2.15. The lowest BCUT2D eigenvalue weighted by Gasteiger charge is -2.38. The summed E-state index contributed by atoms with van der Waals surface area (Å²) in [6.45, 7) is 3.42. The van der Waals surface area contributed by atoms with Crippen LogP contribution in [-0.4, -0.2) is 38.7 Å². The molecule has 1 heterocycles. The zero-order chi connectivity index (χ0) is 11.4. The molecule has 1 N–H and O–H groups in total. The Balaban J connectivity index is 2.16. The minimum absolute atomic E-state index is 0.480. The second-order valence-corrected chi connectivity index (χ2v) is 4.24. The van der Waals surface area contributed by atoms with Crippen LogP contribution >= 0.6 is 0 Å². The SMILES string of the molecule is CNCC(c1cccc(OC)c1)N1CCC1. The van der Waals surface area contributed by atoms with Crippen molar-refractivity contribution in [2.24, 2.45) is 0 Å². The van der Waals surface area contributed by atoms with Gasteiger partial charge in [0, 0.05) is 25.7 Å². The van der Waals surface area contributed by atoms with Gasteiger partial charge in [-0.1, -0.05) is 12.1 Å². The molecule has 0 amide bonds. The number of likely N-dealkylation sites (tertiary alicyclic amines) is 1. The highest BCUT2D eigenvalue weighted by molar-refractivity contribution is 5.31. The molecule has 0 aromatic heterocycles. The minimum Gasteiger partial charge on any atom is -0.497 e. The van der Waals surface area contributed by atoms with Crippen molar-refractivity contribution in [3.05, 3.63) is 29.8 Å². The fraction of sp³-hybridized carbons (Fsp3) is 0.538. The summed E-state index contributed by atoms with van der Waals surface area (Å²) in [6, 6.07) is 8.87. The molecule has 1 aliphatic heterocycles. The number of ether oxygens (including phenoxy) is 1. The highest BCUT2D eigenvalue weighted by Gasteiger charge is 2.24. The molecule has 1 unspecified atom stereocenters. The topological polar surface area (TPSA) is 24.5 Å². The summed E-state index contributed by atoms with van der Waals surface area (Å²) in [5, 5.41) is 3.27. The number of nitrogens with zero attached hydrogens (tertiary/aromatic N) is 1. The first-order valence-electron chi connectivity index (χ1n) is 5.87. The summed E-state index contributed by atoms with van der Waals surface area (Å²) < 4.78 is 5.28. The van der Waals surface area contributed by atoms with Crippen molar-refractivity contribution in [1.82, 2.24) is 10.2 Å². The van der Waals surface area contributed by atoms with Crippen LogP contribution in [0.25, 0.3) is 0 Å². The second kappa shape index (κ2) is 5.32. The summed E-state index contributed by atoms with van der Waals surface area (Å²) in [6.07, 6.45) is 1.32. The molecular formula is C13H20N2O. The van der Waals surface area contributed by atoms with E-state index in [0.29, 0.717) is 6.04 Å². The van der Waals surface area contributed by atoms with E-state index in [-0.39, 0.29) is 0 Å². The highest BCUT2D eigenvalue weighted by atomic mass is 16.5. The van der Waals surface area contributed by atoms with Gasteiger partial charge in [-0.2, -0.15) is 0 Å². The molecule has 3 nitrogen and oxygen atoms in total. The fourth-order valence-electron chi connectivity index (χ4n) is 2.15. The summed E-state index contributed by atoms with van der Waals surface area (Å²) in [5.41, 5.74) is 1.34. The van der Waals surface area contributed by atoms with Crippen LogP contribution in [0.1, 0.15) is 18.0 Å². The number of likely N-dealkylation sites (N-methyl/N-ethyl adjacent to an activating group) is 1. The largest absolute Gasteiger partial charge is 0.497 e. The first kappa shape index (κ1) is 11.4. The van der Waals surface area contributed by atoms with E-state index in [1.54, 1.807) is 7.11 Å². The molecule has 0 saturated carbocycles. The zero-order valence-electron chi connectivity index (χ0n) is 10.1. The van der Waals surface area contributed by atoms with Crippen LogP contribution in [0.5, 0.6) is 5.75 Å². The summed E-state index contributed by atoms with van der Waals surface area (Å²) in [4.78, 5) is 2.51. The number of methoxy groups -OCH3 is 1. The van der Waals surface area contributed by atoms with Crippen molar-refractivity contribution in [3.8, 4) is 5.75 Å². The Kier molecular flexibility index (Phi) is 3.80. The number of hydrogen-bond acceptors (Lipinski definition) is 3. The van der Waals surface area contributed by atoms with Gasteiger partial charge in [0.15, 0.2) is 0 Å². The van der Waals surface area contributed by atoms with E-state index in [9.17, 15) is 0 Å². The van der Waals surface area contributed by atoms with Gasteiger partial charge < -0.3 is 10.1 Å². The normalized spacial score (nSPS) is 17.9. The molecule has 1 atom stereocenters. The van der Waals surface area contributed by atoms with Crippen LogP contribution < -0.4 is 10.1 Å². The van der Waals surface area contributed by atoms with Crippen LogP contribution in [-0.2, 0) is 0 Å². The maximum Gasteiger partial charge on any atom is 0.119 e. The molecule has 1 aliphatic rings. The van der Waals surface area contributed by atoms with Crippen LogP contribution in [0, 0.1) is 0 Å². The third kappa shape index (κ3) is 2.36. The number of hydrogen-bond donors (Lipinski definition) is 1. The van der Waals surface area contributed by atoms with Gasteiger partial charge in [0.1, 0.15) is 5.75 Å². The first-order valence-corrected chi connectivity index (χ1v) is 5.87. The van der Waals surface area contributed by atoms with E-state index in [0.717, 1.165) is 12.3 Å². The number of nitrogens with one attached hydrogen (secondary N) is 1. The summed E-state index contributed by atoms with van der Waals surface area (Å²) in [7, 11) is 3.72. The van der Waals surface area contributed by atoms with Crippen LogP contribution in [0.15, 0.2) is 24.3 Å². The van der Waals surface area contributed by atoms with Gasteiger partial charge in [0.2, 0.25) is 0 Å². The van der Waals surface area contributed by atoms with Gasteiger partial charge >= 0.3 is 0 Å². The third-order valence-electron chi connectivity index (χ3n) is 3.21. The number of rotatable bonds is 5. The van der Waals surface area contributed by atoms with Crippen molar-refractivity contribution < 1.29 is 4.74 Å². The molecule has 88 valence electrons. The van der Waals surface area contributed by atoms with E-state index in [2.05, 4.69) is 28.4 Å². The molecule has 2 rings (SSSR count). The molecule has 0 radical (unpaired) electrons. The van der Waals surface area contributed by atoms with E-state index < -0.39 is 0 Å². The van der Waals surface area contributed by atoms with Gasteiger partial charge in [-0.05, 0) is 31.2 Å². The quantitative estimate of drug-likeness (QED) is 0.817. The standard InChI is InChI=1S/C13H20N2O/c1-14-10-13(15-7-4-8-15)11-5-3-6-12(9-11)16-2/h3,5-6,9,13-14H,4,7-8,10H2,1-2H3. The van der Waals surface area contributed by atoms with E-state index >= 15 is 0 Å². The lowest BCUT2D eigenvalue weighted by molar-refractivity contribution is 0.117. The Bertz CT molecular complexity index is 336. The lowest BCUT2D eigenvalue weighted by atomic mass is 10.0. The number of benzene rings is 1. The van der Waals surface area contributed by atoms with Gasteiger partial charge in [-0.15, -0.1) is 0 Å². The van der Waals surface area contributed by atoms with Gasteiger partial charge in [-0.3, -0.25) is 4.90 Å². The molecule has 1 fully saturated rings. The van der Waals surface area contributed by atoms with Crippen molar-refractivity contribution in [2.75, 3.05) is 33.8 Å². The summed E-state index contributed by atoms with van der Waals surface area (Å²) >= 11 is 0. The molecule has 1 aromatic rings. The molecule has 0 bridgehead atoms. The van der Waals surface area contributed by atoms with Gasteiger partial charge in [0.05, 0.1) is 7.11 Å². The lowest BCUT2D eigenvalue weighted by Crippen LogP contribution is -2.43. The molecule has 1 saturated heterocycles. The van der Waals surface area contributed by atoms with E-state index in [1.165, 1.54) is 25.1 Å². The average Bonchev–Trinajstić information content (AvgIpc) is 2.26. The minimum atomic E-state index is 0.480. The molecule has 3 heteroatoms. The Morgan fingerprint density at radius 2 is 2.25 bits per heavy atom. The zero-order valence-corrected chi connectivity index (χ0v) is 10.1. The molecule has 1 aromatic carbocycles. The highest BCUT2D eigenvalue weighted by Crippen LogP contribution is 2.27. The van der Waals surface area contributed by atoms with Crippen LogP contribution in [0.3, 0.4) is 0 Å². The molecular weight excluding hydrogens is 200 g/mol. The van der Waals surface area contributed by atoms with Crippen molar-refractivity contribution in [1.29, 1.82) is 0 Å². The van der Waals surface area contributed by atoms with E-state index in [1.807, 2.05) is 13.1 Å². The Morgan fingerprint density at radius 3 is 2.81 bits per heavy atom. The average molecular weight is 220 g/mol. The van der Waals surface area contributed by atoms with Crippen molar-refractivity contribution in [2.45, 2.75) is 12.5 Å². The summed E-state index contributed by atoms with van der Waals surface area (Å²) in [5.74, 6) is 0.944. The smallest absolute Gasteiger partial charge is 0.119 e. The Hall–Kier alpha value is -1.06. The Labute approximate surface area is 97.4 Å². The van der Waals surface area contributed by atoms with E-state index in [4.69, 9.17) is 4.74 Å². The maximum atomic E-state index is 5.28. The second-order valence-electron chi connectivity index (χ2n) is 4.24. The molecule has 0 aliphatic carbocycles. The first-order chi connectivity index (χ1) is 7.85.